The van der Waals surface area contributed by atoms with E-state index in [1.165, 1.54) is 0 Å². The molecular weight excluding hydrogens is 440 g/mol. The summed E-state index contributed by atoms with van der Waals surface area (Å²) in [6, 6.07) is 0. The summed E-state index contributed by atoms with van der Waals surface area (Å²) < 4.78 is 0. The van der Waals surface area contributed by atoms with Crippen molar-refractivity contribution in [1.82, 2.24) is 0 Å². The van der Waals surface area contributed by atoms with Gasteiger partial charge in [0.1, 0.15) is 5.78 Å². The van der Waals surface area contributed by atoms with E-state index in [1.807, 2.05) is 6.92 Å². The molecule has 0 aromatic heterocycles. The summed E-state index contributed by atoms with van der Waals surface area (Å²) in [5.74, 6) is -0.819. The number of carbonyl (C=O) groups is 3. The Hall–Kier alpha value is -1.65. The zero-order chi connectivity index (χ0) is 25.8. The lowest BCUT2D eigenvalue weighted by Crippen LogP contribution is -2.69. The molecule has 0 saturated heterocycles. The quantitative estimate of drug-likeness (QED) is 0.455. The van der Waals surface area contributed by atoms with Gasteiger partial charge in [-0.2, -0.15) is 0 Å². The van der Waals surface area contributed by atoms with Crippen LogP contribution in [0.4, 0.5) is 0 Å². The predicted octanol–water partition coefficient (Wildman–Crippen LogP) is 6.36. The van der Waals surface area contributed by atoms with Crippen LogP contribution in [0.5, 0.6) is 0 Å². The molecule has 5 rings (SSSR count). The largest absolute Gasteiger partial charge is 0.481 e. The molecule has 9 atom stereocenters. The Balaban J connectivity index is 1.64. The molecule has 2 N–H and O–H groups in total. The molecule has 0 heterocycles. The highest BCUT2D eigenvalue weighted by molar-refractivity contribution is 5.85. The zero-order valence-electron chi connectivity index (χ0n) is 22.3. The van der Waals surface area contributed by atoms with Crippen molar-refractivity contribution in [3.8, 4) is 0 Å². The molecule has 5 fully saturated rings. The number of Topliss-reactive ketones (excluding diaryl/α,β-unsaturated/α-hetero) is 1. The average molecular weight is 485 g/mol. The maximum atomic E-state index is 13.5. The highest BCUT2D eigenvalue weighted by Gasteiger charge is 2.75. The summed E-state index contributed by atoms with van der Waals surface area (Å²) in [4.78, 5) is 39.2. The monoisotopic (exact) mass is 484 g/mol. The second-order valence-corrected chi connectivity index (χ2v) is 14.2. The van der Waals surface area contributed by atoms with E-state index in [1.54, 1.807) is 0 Å². The van der Waals surface area contributed by atoms with Crippen LogP contribution < -0.4 is 0 Å². The fourth-order valence-corrected chi connectivity index (χ4v) is 11.4. The lowest BCUT2D eigenvalue weighted by molar-refractivity contribution is -0.245. The van der Waals surface area contributed by atoms with Gasteiger partial charge in [0.2, 0.25) is 0 Å². The van der Waals surface area contributed by atoms with Crippen molar-refractivity contribution < 1.29 is 24.6 Å². The molecule has 0 radical (unpaired) electrons. The number of ketones is 1. The number of fused-ring (bicyclic) bond motifs is 7. The summed E-state index contributed by atoms with van der Waals surface area (Å²) >= 11 is 0. The summed E-state index contributed by atoms with van der Waals surface area (Å²) in [6.45, 7) is 15.0. The first-order valence-corrected chi connectivity index (χ1v) is 13.9. The molecule has 0 aromatic carbocycles. The fraction of sp³-hybridized carbons (Fsp3) is 0.833. The summed E-state index contributed by atoms with van der Waals surface area (Å²) in [6.07, 6.45) is 7.15. The minimum Gasteiger partial charge on any atom is -0.481 e. The van der Waals surface area contributed by atoms with E-state index in [9.17, 15) is 24.6 Å². The summed E-state index contributed by atoms with van der Waals surface area (Å²) in [5, 5.41) is 21.6. The van der Waals surface area contributed by atoms with Crippen molar-refractivity contribution >= 4 is 17.7 Å². The molecule has 0 aliphatic heterocycles. The van der Waals surface area contributed by atoms with Crippen LogP contribution in [-0.4, -0.2) is 27.9 Å². The van der Waals surface area contributed by atoms with Crippen LogP contribution >= 0.6 is 0 Å². The van der Waals surface area contributed by atoms with Crippen LogP contribution in [0.25, 0.3) is 0 Å². The Morgan fingerprint density at radius 3 is 2.14 bits per heavy atom. The Morgan fingerprint density at radius 2 is 1.54 bits per heavy atom. The molecule has 0 unspecified atom stereocenters. The Kier molecular flexibility index (Phi) is 5.32. The van der Waals surface area contributed by atoms with Gasteiger partial charge in [-0.15, -0.1) is 0 Å². The van der Waals surface area contributed by atoms with Crippen molar-refractivity contribution in [2.75, 3.05) is 0 Å². The second-order valence-electron chi connectivity index (χ2n) is 14.2. The van der Waals surface area contributed by atoms with E-state index in [0.717, 1.165) is 44.1 Å². The third-order valence-corrected chi connectivity index (χ3v) is 13.0. The highest BCUT2D eigenvalue weighted by atomic mass is 16.4. The maximum absolute atomic E-state index is 13.5. The number of carboxylic acid groups (broad SMARTS) is 2. The fourth-order valence-electron chi connectivity index (χ4n) is 11.4. The number of hydrogen-bond acceptors (Lipinski definition) is 3. The van der Waals surface area contributed by atoms with Crippen LogP contribution in [-0.2, 0) is 14.4 Å². The first-order chi connectivity index (χ1) is 16.2. The van der Waals surface area contributed by atoms with Gasteiger partial charge in [-0.1, -0.05) is 39.8 Å². The van der Waals surface area contributed by atoms with E-state index in [4.69, 9.17) is 0 Å². The Morgan fingerprint density at radius 1 is 0.857 bits per heavy atom. The van der Waals surface area contributed by atoms with Crippen molar-refractivity contribution in [3.05, 3.63) is 12.2 Å². The van der Waals surface area contributed by atoms with Crippen molar-refractivity contribution in [2.45, 2.75) is 98.8 Å². The van der Waals surface area contributed by atoms with E-state index in [2.05, 4.69) is 34.3 Å². The zero-order valence-corrected chi connectivity index (χ0v) is 22.3. The number of hydrogen-bond donors (Lipinski definition) is 2. The average Bonchev–Trinajstić information content (AvgIpc) is 3.18. The van der Waals surface area contributed by atoms with Gasteiger partial charge in [0, 0.05) is 11.8 Å². The first kappa shape index (κ1) is 25.0. The lowest BCUT2D eigenvalue weighted by atomic mass is 9.32. The van der Waals surface area contributed by atoms with Crippen LogP contribution in [0.1, 0.15) is 98.8 Å². The second kappa shape index (κ2) is 7.44. The highest BCUT2D eigenvalue weighted by Crippen LogP contribution is 2.77. The topological polar surface area (TPSA) is 91.7 Å². The van der Waals surface area contributed by atoms with Crippen molar-refractivity contribution in [1.29, 1.82) is 0 Å². The first-order valence-electron chi connectivity index (χ1n) is 13.9. The number of rotatable bonds is 3. The lowest BCUT2D eigenvalue weighted by Gasteiger charge is -2.71. The smallest absolute Gasteiger partial charge is 0.310 e. The van der Waals surface area contributed by atoms with Gasteiger partial charge in [-0.05, 0) is 105 Å². The van der Waals surface area contributed by atoms with E-state index in [0.29, 0.717) is 31.5 Å². The molecule has 0 bridgehead atoms. The Labute approximate surface area is 210 Å². The third-order valence-electron chi connectivity index (χ3n) is 13.0. The van der Waals surface area contributed by atoms with Crippen molar-refractivity contribution in [3.63, 3.8) is 0 Å². The van der Waals surface area contributed by atoms with Gasteiger partial charge >= 0.3 is 11.9 Å². The Bertz CT molecular complexity index is 997. The minimum absolute atomic E-state index is 0.0669. The van der Waals surface area contributed by atoms with Gasteiger partial charge < -0.3 is 10.2 Å². The van der Waals surface area contributed by atoms with Crippen LogP contribution in [0, 0.1) is 56.7 Å². The molecule has 5 aliphatic carbocycles. The van der Waals surface area contributed by atoms with Crippen LogP contribution in [0.15, 0.2) is 12.2 Å². The number of aliphatic carboxylic acids is 2. The van der Waals surface area contributed by atoms with E-state index >= 15 is 0 Å². The maximum Gasteiger partial charge on any atom is 0.310 e. The standard InChI is InChI=1S/C30H44O5/c1-17(2)18-9-14-29(24(32)33)15-16-30(25(34)35)19(23(18)29)7-8-21-27(5)12-11-22(31)26(3,4)20(27)10-13-28(21,30)6/h18-21,23H,1,7-16H2,2-6H3,(H,32,33)(H,34,35)/t18-,19+,20-,21-,23-,27-,28+,29-,30+/m0/s1. The summed E-state index contributed by atoms with van der Waals surface area (Å²) in [7, 11) is 0. The number of carboxylic acids is 2. The molecule has 0 aromatic rings. The molecule has 0 amide bonds. The number of carbonyl (C=O) groups excluding carboxylic acids is 1. The molecule has 0 spiro atoms. The van der Waals surface area contributed by atoms with E-state index < -0.39 is 28.2 Å². The van der Waals surface area contributed by atoms with Crippen LogP contribution in [0.2, 0.25) is 0 Å². The molecule has 5 saturated carbocycles. The van der Waals surface area contributed by atoms with Gasteiger partial charge in [-0.25, -0.2) is 0 Å². The molecular formula is C30H44O5. The molecule has 35 heavy (non-hydrogen) atoms. The predicted molar refractivity (Wildman–Crippen MR) is 134 cm³/mol. The van der Waals surface area contributed by atoms with Gasteiger partial charge in [0.05, 0.1) is 10.8 Å². The number of allylic oxidation sites excluding steroid dienone is 1. The van der Waals surface area contributed by atoms with E-state index in [-0.39, 0.29) is 40.4 Å². The normalized spacial score (nSPS) is 50.3. The molecule has 5 nitrogen and oxygen atoms in total. The SMILES string of the molecule is C=C(C)[C@@H]1CC[C@]2(C(=O)O)CC[C@]3(C(=O)O)[C@H](CC[C@H]4[C@@]5(C)CCC(=O)C(C)(C)[C@@H]5CC[C@]43C)[C@H]12. The minimum atomic E-state index is -0.919. The molecule has 194 valence electrons. The third kappa shape index (κ3) is 2.79. The van der Waals surface area contributed by atoms with Gasteiger partial charge in [0.25, 0.3) is 0 Å². The van der Waals surface area contributed by atoms with Gasteiger partial charge in [0.15, 0.2) is 0 Å². The summed E-state index contributed by atoms with van der Waals surface area (Å²) in [5.41, 5.74) is -1.58. The van der Waals surface area contributed by atoms with Crippen molar-refractivity contribution in [2.24, 2.45) is 56.7 Å². The van der Waals surface area contributed by atoms with Gasteiger partial charge in [-0.3, -0.25) is 14.4 Å². The molecule has 5 heteroatoms. The molecule has 5 aliphatic rings. The van der Waals surface area contributed by atoms with Crippen LogP contribution in [0.3, 0.4) is 0 Å².